The molecule has 0 saturated heterocycles. The van der Waals surface area contributed by atoms with Crippen LogP contribution in [0.15, 0.2) is 48.6 Å². The normalized spacial score (nSPS) is 33.8. The van der Waals surface area contributed by atoms with E-state index >= 15 is 0 Å². The van der Waals surface area contributed by atoms with Crippen LogP contribution >= 0.6 is 11.6 Å². The van der Waals surface area contributed by atoms with Gasteiger partial charge in [0.2, 0.25) is 10.0 Å². The number of aryl methyl sites for hydroxylation is 1. The Morgan fingerprint density at radius 1 is 1.15 bits per heavy atom. The summed E-state index contributed by atoms with van der Waals surface area (Å²) >= 11 is 6.41. The molecule has 5 aliphatic rings. The third-order valence-corrected chi connectivity index (χ3v) is 13.7. The average Bonchev–Trinajstić information content (AvgIpc) is 3.86. The van der Waals surface area contributed by atoms with E-state index in [2.05, 4.69) is 21.8 Å². The van der Waals surface area contributed by atoms with Crippen LogP contribution in [0, 0.1) is 23.7 Å². The molecular formula is C36H45ClN2O6S. The largest absolute Gasteiger partial charge is 0.490 e. The standard InChI is InChI=1S/C36H45ClN2O6S/c1-22(23-8-9-23)34-33(44-2)7-3-6-31(40)28-13-10-26(28)19-39-20-36(16-4-5-24-17-27(37)12-14-29(24)36)21-45-32-15-11-25(18-30(32)39)35(41)38-46(34,42)43/h3,6,11-12,14-15,17-18,22-23,26,28,31,33-34,40H,4-5,7-10,13,16,19-21H2,1-2H3,(H,38,41)/b6-3+/t22?,26-,28+,31-,33-,34+,36-/m0/s1. The quantitative estimate of drug-likeness (QED) is 0.408. The molecule has 10 heteroatoms. The van der Waals surface area contributed by atoms with Crippen molar-refractivity contribution in [1.29, 1.82) is 0 Å². The van der Waals surface area contributed by atoms with E-state index in [9.17, 15) is 18.3 Å². The van der Waals surface area contributed by atoms with Crippen LogP contribution in [0.4, 0.5) is 5.69 Å². The smallest absolute Gasteiger partial charge is 0.264 e. The fourth-order valence-electron chi connectivity index (χ4n) is 8.64. The number of nitrogens with one attached hydrogen (secondary N) is 1. The Morgan fingerprint density at radius 3 is 2.72 bits per heavy atom. The van der Waals surface area contributed by atoms with Crippen LogP contribution in [0.1, 0.15) is 73.4 Å². The maximum absolute atomic E-state index is 14.0. The zero-order valence-corrected chi connectivity index (χ0v) is 28.2. The molecule has 2 fully saturated rings. The first kappa shape index (κ1) is 32.0. The second-order valence-electron chi connectivity index (χ2n) is 14.4. The molecule has 2 aromatic rings. The predicted octanol–water partition coefficient (Wildman–Crippen LogP) is 5.65. The molecule has 2 aromatic carbocycles. The summed E-state index contributed by atoms with van der Waals surface area (Å²) in [6.07, 6.45) is 9.52. The van der Waals surface area contributed by atoms with E-state index in [4.69, 9.17) is 21.1 Å². The number of ether oxygens (including phenoxy) is 2. The number of hydrogen-bond donors (Lipinski definition) is 2. The number of hydrogen-bond acceptors (Lipinski definition) is 7. The van der Waals surface area contributed by atoms with Gasteiger partial charge in [-0.1, -0.05) is 36.7 Å². The van der Waals surface area contributed by atoms with Crippen molar-refractivity contribution in [3.8, 4) is 5.75 Å². The second kappa shape index (κ2) is 12.5. The Hall–Kier alpha value is -2.59. The summed E-state index contributed by atoms with van der Waals surface area (Å²) in [6.45, 7) is 3.81. The van der Waals surface area contributed by atoms with E-state index in [-0.39, 0.29) is 34.7 Å². The summed E-state index contributed by atoms with van der Waals surface area (Å²) in [7, 11) is -2.59. The molecule has 2 heterocycles. The lowest BCUT2D eigenvalue weighted by Crippen LogP contribution is -2.50. The van der Waals surface area contributed by atoms with E-state index < -0.39 is 33.4 Å². The number of halogens is 1. The number of fused-ring (bicyclic) bond motifs is 4. The molecule has 3 aliphatic carbocycles. The van der Waals surface area contributed by atoms with Gasteiger partial charge in [-0.25, -0.2) is 13.1 Å². The predicted molar refractivity (Wildman–Crippen MR) is 179 cm³/mol. The highest BCUT2D eigenvalue weighted by Gasteiger charge is 2.46. The van der Waals surface area contributed by atoms with Gasteiger partial charge in [0.15, 0.2) is 0 Å². The molecule has 2 N–H and O–H groups in total. The number of carbonyl (C=O) groups is 1. The molecule has 1 spiro atoms. The fraction of sp³-hybridized carbons (Fsp3) is 0.583. The summed E-state index contributed by atoms with van der Waals surface area (Å²) in [6, 6.07) is 11.4. The zero-order valence-electron chi connectivity index (χ0n) is 26.7. The van der Waals surface area contributed by atoms with Crippen molar-refractivity contribution in [2.75, 3.05) is 31.7 Å². The van der Waals surface area contributed by atoms with Crippen molar-refractivity contribution >= 4 is 33.2 Å². The fourth-order valence-corrected chi connectivity index (χ4v) is 10.8. The van der Waals surface area contributed by atoms with Gasteiger partial charge in [-0.15, -0.1) is 0 Å². The average molecular weight is 669 g/mol. The molecule has 7 rings (SSSR count). The first-order chi connectivity index (χ1) is 22.1. The molecule has 2 bridgehead atoms. The minimum Gasteiger partial charge on any atom is -0.490 e. The molecule has 1 amide bonds. The highest BCUT2D eigenvalue weighted by atomic mass is 35.5. The number of aliphatic hydroxyl groups is 1. The molecule has 1 unspecified atom stereocenters. The van der Waals surface area contributed by atoms with Crippen molar-refractivity contribution in [2.24, 2.45) is 23.7 Å². The monoisotopic (exact) mass is 668 g/mol. The Kier molecular flexibility index (Phi) is 8.66. The maximum Gasteiger partial charge on any atom is 0.264 e. The van der Waals surface area contributed by atoms with Gasteiger partial charge in [-0.05, 0) is 116 Å². The van der Waals surface area contributed by atoms with Crippen LogP contribution < -0.4 is 14.4 Å². The number of amides is 1. The third-order valence-electron chi connectivity index (χ3n) is 11.5. The molecular weight excluding hydrogens is 624 g/mol. The third kappa shape index (κ3) is 5.97. The summed E-state index contributed by atoms with van der Waals surface area (Å²) in [5.74, 6) is 0.446. The minimum absolute atomic E-state index is 0.0857. The Labute approximate surface area is 277 Å². The lowest BCUT2D eigenvalue weighted by Gasteiger charge is -2.45. The van der Waals surface area contributed by atoms with Crippen LogP contribution in [0.25, 0.3) is 0 Å². The van der Waals surface area contributed by atoms with E-state index in [0.29, 0.717) is 31.9 Å². The van der Waals surface area contributed by atoms with Crippen LogP contribution in [0.3, 0.4) is 0 Å². The number of aliphatic hydroxyl groups excluding tert-OH is 1. The van der Waals surface area contributed by atoms with Crippen LogP contribution in [-0.2, 0) is 26.6 Å². The Bertz CT molecular complexity index is 1630. The van der Waals surface area contributed by atoms with Crippen molar-refractivity contribution < 1.29 is 27.8 Å². The molecule has 0 radical (unpaired) electrons. The highest BCUT2D eigenvalue weighted by molar-refractivity contribution is 7.90. The van der Waals surface area contributed by atoms with Crippen molar-refractivity contribution in [3.05, 3.63) is 70.3 Å². The molecule has 46 heavy (non-hydrogen) atoms. The summed E-state index contributed by atoms with van der Waals surface area (Å²) < 4.78 is 42.7. The SMILES string of the molecule is CO[C@H]1C/C=C/[C@H](O)[C@@H]2CC[C@H]2CN2C[C@@]3(CCCc4cc(Cl)ccc43)COc3ccc(cc32)C(=O)NS(=O)(=O)[C@@H]1C(C)C1CC1. The zero-order chi connectivity index (χ0) is 32.2. The van der Waals surface area contributed by atoms with Gasteiger partial charge in [0.1, 0.15) is 11.0 Å². The molecule has 8 nitrogen and oxygen atoms in total. The van der Waals surface area contributed by atoms with Crippen LogP contribution in [-0.4, -0.2) is 63.7 Å². The van der Waals surface area contributed by atoms with Gasteiger partial charge in [0.05, 0.1) is 24.5 Å². The molecule has 0 aromatic heterocycles. The lowest BCUT2D eigenvalue weighted by molar-refractivity contribution is 0.0450. The van der Waals surface area contributed by atoms with E-state index in [0.717, 1.165) is 55.7 Å². The highest BCUT2D eigenvalue weighted by Crippen LogP contribution is 2.47. The summed E-state index contributed by atoms with van der Waals surface area (Å²) in [4.78, 5) is 16.1. The number of benzene rings is 2. The molecule has 2 aliphatic heterocycles. The van der Waals surface area contributed by atoms with E-state index in [1.54, 1.807) is 18.2 Å². The number of carbonyl (C=O) groups excluding carboxylic acids is 1. The van der Waals surface area contributed by atoms with Gasteiger partial charge in [0.25, 0.3) is 5.91 Å². The number of rotatable bonds is 3. The van der Waals surface area contributed by atoms with Crippen LogP contribution in [0.2, 0.25) is 5.02 Å². The number of methoxy groups -OCH3 is 1. The van der Waals surface area contributed by atoms with Crippen molar-refractivity contribution in [2.45, 2.75) is 81.2 Å². The van der Waals surface area contributed by atoms with Crippen molar-refractivity contribution in [1.82, 2.24) is 4.72 Å². The number of anilines is 1. The van der Waals surface area contributed by atoms with Crippen LogP contribution in [0.5, 0.6) is 5.75 Å². The molecule has 248 valence electrons. The van der Waals surface area contributed by atoms with Gasteiger partial charge in [-0.3, -0.25) is 4.79 Å². The van der Waals surface area contributed by atoms with E-state index in [1.807, 2.05) is 25.1 Å². The van der Waals surface area contributed by atoms with Crippen molar-refractivity contribution in [3.63, 3.8) is 0 Å². The summed E-state index contributed by atoms with van der Waals surface area (Å²) in [5.41, 5.74) is 3.28. The maximum atomic E-state index is 14.0. The van der Waals surface area contributed by atoms with E-state index in [1.165, 1.54) is 18.2 Å². The first-order valence-corrected chi connectivity index (χ1v) is 18.8. The first-order valence-electron chi connectivity index (χ1n) is 16.8. The Morgan fingerprint density at radius 2 is 1.98 bits per heavy atom. The number of nitrogens with zero attached hydrogens (tertiary/aromatic N) is 1. The lowest BCUT2D eigenvalue weighted by atomic mass is 9.68. The topological polar surface area (TPSA) is 105 Å². The molecule has 2 saturated carbocycles. The van der Waals surface area contributed by atoms with Gasteiger partial charge < -0.3 is 19.5 Å². The number of sulfonamides is 1. The second-order valence-corrected chi connectivity index (χ2v) is 16.6. The van der Waals surface area contributed by atoms with Gasteiger partial charge >= 0.3 is 0 Å². The summed E-state index contributed by atoms with van der Waals surface area (Å²) in [5, 5.41) is 11.2. The minimum atomic E-state index is -4.11. The Balaban J connectivity index is 1.29. The van der Waals surface area contributed by atoms with Gasteiger partial charge in [-0.2, -0.15) is 0 Å². The molecule has 7 atom stereocenters. The van der Waals surface area contributed by atoms with Gasteiger partial charge in [0, 0.05) is 36.2 Å².